The van der Waals surface area contributed by atoms with Gasteiger partial charge in [-0.05, 0) is 130 Å². The van der Waals surface area contributed by atoms with Crippen molar-refractivity contribution >= 4 is 10.9 Å². The quantitative estimate of drug-likeness (QED) is 0.353. The minimum absolute atomic E-state index is 0.0788. The second kappa shape index (κ2) is 8.77. The molecule has 1 unspecified atom stereocenters. The Labute approximate surface area is 190 Å². The Morgan fingerprint density at radius 3 is 2.53 bits per heavy atom. The average molecular weight is 434 g/mol. The first-order valence-electron chi connectivity index (χ1n) is 13.2. The van der Waals surface area contributed by atoms with E-state index in [4.69, 9.17) is 0 Å². The molecule has 1 N–H and O–H groups in total. The van der Waals surface area contributed by atoms with Crippen LogP contribution in [0, 0.1) is 40.4 Å². The number of hydrogen-bond acceptors (Lipinski definition) is 1. The highest BCUT2D eigenvalue weighted by Crippen LogP contribution is 2.67. The highest BCUT2D eigenvalue weighted by molar-refractivity contribution is 7.97. The van der Waals surface area contributed by atoms with Crippen molar-refractivity contribution in [1.82, 2.24) is 0 Å². The van der Waals surface area contributed by atoms with Crippen molar-refractivity contribution in [2.75, 3.05) is 11.5 Å². The molecule has 0 spiro atoms. The predicted octanol–water partition coefficient (Wildman–Crippen LogP) is 7.00. The van der Waals surface area contributed by atoms with Crippen LogP contribution in [0.15, 0.2) is 11.6 Å². The molecule has 0 saturated heterocycles. The summed E-state index contributed by atoms with van der Waals surface area (Å²) in [6, 6.07) is 0. The molecule has 0 aromatic heterocycles. The van der Waals surface area contributed by atoms with Crippen molar-refractivity contribution in [2.24, 2.45) is 40.4 Å². The zero-order valence-electron chi connectivity index (χ0n) is 20.8. The van der Waals surface area contributed by atoms with E-state index in [1.54, 1.807) is 5.57 Å². The fourth-order valence-corrected chi connectivity index (χ4v) is 11.0. The third-order valence-corrected chi connectivity index (χ3v) is 13.5. The molecule has 9 atom stereocenters. The molecule has 3 saturated carbocycles. The molecule has 0 heterocycles. The highest BCUT2D eigenvalue weighted by atomic mass is 32.2. The Hall–Kier alpha value is 0.0500. The lowest BCUT2D eigenvalue weighted by Crippen LogP contribution is -2.50. The molecule has 0 bridgehead atoms. The Morgan fingerprint density at radius 1 is 1.07 bits per heavy atom. The molecule has 4 aliphatic carbocycles. The van der Waals surface area contributed by atoms with Crippen molar-refractivity contribution in [1.29, 1.82) is 0 Å². The molecule has 2 heteroatoms. The molecule has 3 fully saturated rings. The second-order valence-corrected chi connectivity index (χ2v) is 15.2. The van der Waals surface area contributed by atoms with Crippen LogP contribution in [0.3, 0.4) is 0 Å². The Bertz CT molecular complexity index is 641. The minimum atomic E-state index is -0.0788. The van der Waals surface area contributed by atoms with Gasteiger partial charge in [-0.15, -0.1) is 0 Å². The van der Waals surface area contributed by atoms with Crippen molar-refractivity contribution in [3.05, 3.63) is 11.6 Å². The fourth-order valence-electron chi connectivity index (χ4n) is 8.87. The summed E-state index contributed by atoms with van der Waals surface area (Å²) in [5, 5.41) is 11.1. The standard InChI is InChI=1S/C28H49OS/c1-7-30(19(2)3)17-14-20(4)24-10-11-25-23-9-8-21-18-22(29)12-15-27(21,5)26(23)13-16-28(24,25)6/h8,19-20,22-26,29H,7,9-18H2,1-6H3/q+1/t20-,22+,23+,24-,25+,26+,27+,28-,30?/m1/s1. The van der Waals surface area contributed by atoms with E-state index in [1.807, 2.05) is 0 Å². The molecule has 0 radical (unpaired) electrons. The van der Waals surface area contributed by atoms with Crippen LogP contribution in [-0.2, 0) is 10.9 Å². The molecule has 4 aliphatic rings. The third kappa shape index (κ3) is 3.85. The third-order valence-electron chi connectivity index (χ3n) is 10.7. The van der Waals surface area contributed by atoms with Crippen molar-refractivity contribution in [3.63, 3.8) is 0 Å². The number of aliphatic hydroxyl groups excluding tert-OH is 1. The van der Waals surface area contributed by atoms with E-state index >= 15 is 0 Å². The van der Waals surface area contributed by atoms with Crippen LogP contribution < -0.4 is 0 Å². The van der Waals surface area contributed by atoms with Gasteiger partial charge in [-0.25, -0.2) is 0 Å². The summed E-state index contributed by atoms with van der Waals surface area (Å²) in [6.45, 7) is 15.1. The molecule has 0 aliphatic heterocycles. The molecule has 1 nitrogen and oxygen atoms in total. The van der Waals surface area contributed by atoms with Crippen molar-refractivity contribution in [2.45, 2.75) is 111 Å². The zero-order chi connectivity index (χ0) is 21.7. The first kappa shape index (κ1) is 23.2. The minimum Gasteiger partial charge on any atom is -0.393 e. The van der Waals surface area contributed by atoms with Crippen molar-refractivity contribution < 1.29 is 5.11 Å². The van der Waals surface area contributed by atoms with E-state index in [0.717, 1.165) is 47.7 Å². The van der Waals surface area contributed by atoms with Gasteiger partial charge in [0.2, 0.25) is 0 Å². The first-order valence-corrected chi connectivity index (χ1v) is 14.9. The van der Waals surface area contributed by atoms with Crippen molar-refractivity contribution in [3.8, 4) is 0 Å². The number of rotatable bonds is 6. The van der Waals surface area contributed by atoms with E-state index < -0.39 is 0 Å². The van der Waals surface area contributed by atoms with Gasteiger partial charge >= 0.3 is 0 Å². The molecule has 172 valence electrons. The molecule has 30 heavy (non-hydrogen) atoms. The van der Waals surface area contributed by atoms with Crippen LogP contribution in [0.5, 0.6) is 0 Å². The summed E-state index contributed by atoms with van der Waals surface area (Å²) in [4.78, 5) is 0. The van der Waals surface area contributed by atoms with Crippen LogP contribution in [-0.4, -0.2) is 28.0 Å². The van der Waals surface area contributed by atoms with Crippen LogP contribution >= 0.6 is 0 Å². The fraction of sp³-hybridized carbons (Fsp3) is 0.929. The van der Waals surface area contributed by atoms with E-state index in [0.29, 0.717) is 21.7 Å². The summed E-state index contributed by atoms with van der Waals surface area (Å²) in [6.07, 6.45) is 14.3. The summed E-state index contributed by atoms with van der Waals surface area (Å²) < 4.78 is 0. The number of hydrogen-bond donors (Lipinski definition) is 1. The first-order chi connectivity index (χ1) is 14.2. The van der Waals surface area contributed by atoms with Gasteiger partial charge in [0.1, 0.15) is 16.8 Å². The Kier molecular flexibility index (Phi) is 6.79. The van der Waals surface area contributed by atoms with Gasteiger partial charge in [0.15, 0.2) is 0 Å². The van der Waals surface area contributed by atoms with Gasteiger partial charge in [0.25, 0.3) is 0 Å². The summed E-state index contributed by atoms with van der Waals surface area (Å²) in [7, 11) is 0.625. The smallest absolute Gasteiger partial charge is 0.112 e. The highest BCUT2D eigenvalue weighted by Gasteiger charge is 2.59. The summed E-state index contributed by atoms with van der Waals surface area (Å²) >= 11 is 0. The molecule has 0 aromatic carbocycles. The van der Waals surface area contributed by atoms with Gasteiger partial charge in [-0.2, -0.15) is 0 Å². The SMILES string of the molecule is CC[S+](CC[C@@H](C)[C@H]1CC[C@H]2[C@@H]3CC=C4C[C@@H](O)CC[C@]4(C)[C@H]3CC[C@]12C)C(C)C. The van der Waals surface area contributed by atoms with E-state index in [1.165, 1.54) is 56.5 Å². The van der Waals surface area contributed by atoms with E-state index in [9.17, 15) is 5.11 Å². The van der Waals surface area contributed by atoms with E-state index in [-0.39, 0.29) is 6.10 Å². The molecule has 0 amide bonds. The van der Waals surface area contributed by atoms with Gasteiger partial charge in [0.05, 0.1) is 6.10 Å². The molecular weight excluding hydrogens is 384 g/mol. The predicted molar refractivity (Wildman–Crippen MR) is 133 cm³/mol. The Balaban J connectivity index is 1.47. The normalized spacial score (nSPS) is 45.3. The Morgan fingerprint density at radius 2 is 1.83 bits per heavy atom. The lowest BCUT2D eigenvalue weighted by Gasteiger charge is -2.58. The van der Waals surface area contributed by atoms with Crippen LogP contribution in [0.2, 0.25) is 0 Å². The van der Waals surface area contributed by atoms with Gasteiger partial charge < -0.3 is 5.11 Å². The number of allylic oxidation sites excluding steroid dienone is 1. The van der Waals surface area contributed by atoms with Crippen LogP contribution in [0.1, 0.15) is 99.3 Å². The second-order valence-electron chi connectivity index (χ2n) is 12.2. The topological polar surface area (TPSA) is 20.2 Å². The average Bonchev–Trinajstić information content (AvgIpc) is 3.06. The largest absolute Gasteiger partial charge is 0.393 e. The van der Waals surface area contributed by atoms with E-state index in [2.05, 4.69) is 47.6 Å². The van der Waals surface area contributed by atoms with Crippen LogP contribution in [0.25, 0.3) is 0 Å². The number of fused-ring (bicyclic) bond motifs is 5. The van der Waals surface area contributed by atoms with Gasteiger partial charge in [-0.3, -0.25) is 0 Å². The van der Waals surface area contributed by atoms with Gasteiger partial charge in [0, 0.05) is 0 Å². The monoisotopic (exact) mass is 433 g/mol. The maximum Gasteiger partial charge on any atom is 0.112 e. The van der Waals surface area contributed by atoms with Crippen LogP contribution in [0.4, 0.5) is 0 Å². The molecular formula is C28H49OS+. The zero-order valence-corrected chi connectivity index (χ0v) is 21.6. The molecule has 0 aromatic rings. The molecule has 4 rings (SSSR count). The maximum absolute atomic E-state index is 10.2. The lowest BCUT2D eigenvalue weighted by molar-refractivity contribution is -0.0568. The lowest BCUT2D eigenvalue weighted by atomic mass is 9.47. The summed E-state index contributed by atoms with van der Waals surface area (Å²) in [5.41, 5.74) is 2.59. The maximum atomic E-state index is 10.2. The number of aliphatic hydroxyl groups is 1. The van der Waals surface area contributed by atoms with Gasteiger partial charge in [-0.1, -0.05) is 32.4 Å². The summed E-state index contributed by atoms with van der Waals surface area (Å²) in [5.74, 6) is 7.41.